The van der Waals surface area contributed by atoms with Crippen LogP contribution in [-0.2, 0) is 33.8 Å². The number of nitrogens with one attached hydrogen (secondary N) is 2. The number of hydrogen-bond acceptors (Lipinski definition) is 4. The number of carboxylic acids is 1. The molecule has 3 N–H and O–H groups in total. The van der Waals surface area contributed by atoms with Crippen LogP contribution in [0.15, 0.2) is 103 Å². The number of alkyl carbamates (subject to hydrolysis) is 1. The lowest BCUT2D eigenvalue weighted by molar-refractivity contribution is -0.131. The van der Waals surface area contributed by atoms with Crippen molar-refractivity contribution in [3.63, 3.8) is 0 Å². The van der Waals surface area contributed by atoms with Gasteiger partial charge in [-0.3, -0.25) is 4.79 Å². The average molecular weight is 473 g/mol. The lowest BCUT2D eigenvalue weighted by atomic mass is 10.0. The van der Waals surface area contributed by atoms with Crippen LogP contribution in [0.3, 0.4) is 0 Å². The van der Waals surface area contributed by atoms with Crippen LogP contribution in [0.5, 0.6) is 0 Å². The quantitative estimate of drug-likeness (QED) is 0.367. The molecule has 3 aromatic carbocycles. The zero-order valence-corrected chi connectivity index (χ0v) is 19.2. The highest BCUT2D eigenvalue weighted by atomic mass is 16.5. The smallest absolute Gasteiger partial charge is 0.408 e. The first-order valence-electron chi connectivity index (χ1n) is 11.3. The number of hydrogen-bond donors (Lipinski definition) is 3. The molecule has 7 heteroatoms. The summed E-state index contributed by atoms with van der Waals surface area (Å²) in [5.41, 5.74) is 2.62. The van der Waals surface area contributed by atoms with E-state index in [0.717, 1.165) is 22.8 Å². The van der Waals surface area contributed by atoms with Gasteiger partial charge in [0.15, 0.2) is 0 Å². The second kappa shape index (κ2) is 13.3. The van der Waals surface area contributed by atoms with Crippen LogP contribution in [0, 0.1) is 0 Å². The minimum Gasteiger partial charge on any atom is -0.478 e. The molecule has 0 aliphatic carbocycles. The number of carbonyl (C=O) groups excluding carboxylic acids is 2. The maximum Gasteiger partial charge on any atom is 0.408 e. The highest BCUT2D eigenvalue weighted by molar-refractivity contribution is 5.86. The minimum atomic E-state index is -1.11. The molecular weight excluding hydrogens is 444 g/mol. The fraction of sp³-hybridized carbons (Fsp3) is 0.179. The Morgan fingerprint density at radius 3 is 1.80 bits per heavy atom. The molecule has 2 atom stereocenters. The summed E-state index contributed by atoms with van der Waals surface area (Å²) in [4.78, 5) is 36.8. The maximum absolute atomic E-state index is 13.2. The molecule has 0 bridgehead atoms. The van der Waals surface area contributed by atoms with Crippen molar-refractivity contribution in [3.05, 3.63) is 120 Å². The van der Waals surface area contributed by atoms with Gasteiger partial charge in [-0.2, -0.15) is 0 Å². The molecule has 0 heterocycles. The summed E-state index contributed by atoms with van der Waals surface area (Å²) in [7, 11) is 0. The third-order valence-electron chi connectivity index (χ3n) is 5.20. The van der Waals surface area contributed by atoms with Crippen LogP contribution in [0.4, 0.5) is 4.79 Å². The van der Waals surface area contributed by atoms with Gasteiger partial charge in [0.25, 0.3) is 0 Å². The van der Waals surface area contributed by atoms with Crippen LogP contribution < -0.4 is 10.6 Å². The summed E-state index contributed by atoms with van der Waals surface area (Å²) < 4.78 is 5.30. The van der Waals surface area contributed by atoms with Gasteiger partial charge in [0.1, 0.15) is 12.6 Å². The molecule has 0 unspecified atom stereocenters. The van der Waals surface area contributed by atoms with Gasteiger partial charge >= 0.3 is 12.1 Å². The van der Waals surface area contributed by atoms with Gasteiger partial charge in [0, 0.05) is 12.5 Å². The lowest BCUT2D eigenvalue weighted by Gasteiger charge is -2.22. The number of aliphatic carboxylic acids is 1. The molecule has 7 nitrogen and oxygen atoms in total. The van der Waals surface area contributed by atoms with Crippen molar-refractivity contribution < 1.29 is 24.2 Å². The van der Waals surface area contributed by atoms with E-state index in [2.05, 4.69) is 10.6 Å². The predicted molar refractivity (Wildman–Crippen MR) is 133 cm³/mol. The Morgan fingerprint density at radius 1 is 0.743 bits per heavy atom. The number of carbonyl (C=O) groups is 3. The molecule has 0 saturated carbocycles. The van der Waals surface area contributed by atoms with Crippen molar-refractivity contribution in [2.24, 2.45) is 0 Å². The number of rotatable bonds is 11. The molecule has 0 saturated heterocycles. The zero-order chi connectivity index (χ0) is 24.9. The Morgan fingerprint density at radius 2 is 1.26 bits per heavy atom. The Kier molecular flexibility index (Phi) is 9.63. The number of benzene rings is 3. The van der Waals surface area contributed by atoms with E-state index < -0.39 is 30.1 Å². The third kappa shape index (κ3) is 9.17. The normalized spacial score (nSPS) is 12.5. The Bertz CT molecular complexity index is 1120. The first kappa shape index (κ1) is 25.2. The van der Waals surface area contributed by atoms with E-state index in [0.29, 0.717) is 6.42 Å². The van der Waals surface area contributed by atoms with E-state index >= 15 is 0 Å². The molecule has 180 valence electrons. The van der Waals surface area contributed by atoms with E-state index in [1.54, 1.807) is 0 Å². The topological polar surface area (TPSA) is 105 Å². The highest BCUT2D eigenvalue weighted by Crippen LogP contribution is 2.08. The summed E-state index contributed by atoms with van der Waals surface area (Å²) >= 11 is 0. The largest absolute Gasteiger partial charge is 0.478 e. The molecule has 3 rings (SSSR count). The van der Waals surface area contributed by atoms with Crippen molar-refractivity contribution in [3.8, 4) is 0 Å². The molecule has 0 aromatic heterocycles. The molecule has 0 fully saturated rings. The number of carboxylic acid groups (broad SMARTS) is 1. The third-order valence-corrected chi connectivity index (χ3v) is 5.20. The monoisotopic (exact) mass is 472 g/mol. The second-order valence-corrected chi connectivity index (χ2v) is 7.95. The van der Waals surface area contributed by atoms with Crippen molar-refractivity contribution in [1.82, 2.24) is 10.6 Å². The summed E-state index contributed by atoms with van der Waals surface area (Å²) in [5.74, 6) is -1.55. The van der Waals surface area contributed by atoms with E-state index in [1.165, 1.54) is 6.08 Å². The molecule has 0 spiro atoms. The van der Waals surface area contributed by atoms with Gasteiger partial charge in [0.05, 0.1) is 6.04 Å². The lowest BCUT2D eigenvalue weighted by Crippen LogP contribution is -2.51. The molecule has 0 aliphatic rings. The van der Waals surface area contributed by atoms with E-state index in [4.69, 9.17) is 9.84 Å². The SMILES string of the molecule is O=C(O)/C=C/[C@H](Cc1ccccc1)NC(=O)[C@H](Cc1ccccc1)NC(=O)OCc1ccccc1. The molecule has 2 amide bonds. The fourth-order valence-corrected chi connectivity index (χ4v) is 3.48. The molecule has 3 aromatic rings. The Labute approximate surface area is 204 Å². The summed E-state index contributed by atoms with van der Waals surface area (Å²) in [6.07, 6.45) is 2.36. The molecule has 35 heavy (non-hydrogen) atoms. The van der Waals surface area contributed by atoms with Crippen molar-refractivity contribution in [2.75, 3.05) is 0 Å². The summed E-state index contributed by atoms with van der Waals surface area (Å²) in [6.45, 7) is 0.0737. The van der Waals surface area contributed by atoms with Gasteiger partial charge in [-0.05, 0) is 23.1 Å². The standard InChI is InChI=1S/C28H28N2O5/c31-26(32)17-16-24(18-21-10-4-1-5-11-21)29-27(33)25(19-22-12-6-2-7-13-22)30-28(34)35-20-23-14-8-3-9-15-23/h1-17,24-25H,18-20H2,(H,29,33)(H,30,34)(H,31,32)/b17-16+/t24-,25+/m1/s1. The zero-order valence-electron chi connectivity index (χ0n) is 19.2. The Hall–Kier alpha value is -4.39. The molecule has 0 aliphatic heterocycles. The number of amides is 2. The summed E-state index contributed by atoms with van der Waals surface area (Å²) in [6, 6.07) is 26.5. The molecular formula is C28H28N2O5. The summed E-state index contributed by atoms with van der Waals surface area (Å²) in [5, 5.41) is 14.6. The van der Waals surface area contributed by atoms with Gasteiger partial charge in [0.2, 0.25) is 5.91 Å². The van der Waals surface area contributed by atoms with Crippen molar-refractivity contribution in [1.29, 1.82) is 0 Å². The van der Waals surface area contributed by atoms with E-state index in [1.807, 2.05) is 91.0 Å². The van der Waals surface area contributed by atoms with Crippen molar-refractivity contribution in [2.45, 2.75) is 31.5 Å². The fourth-order valence-electron chi connectivity index (χ4n) is 3.48. The van der Waals surface area contributed by atoms with Crippen molar-refractivity contribution >= 4 is 18.0 Å². The Balaban J connectivity index is 1.71. The highest BCUT2D eigenvalue weighted by Gasteiger charge is 2.24. The van der Waals surface area contributed by atoms with E-state index in [-0.39, 0.29) is 13.0 Å². The predicted octanol–water partition coefficient (Wildman–Crippen LogP) is 3.89. The van der Waals surface area contributed by atoms with Gasteiger partial charge in [-0.1, -0.05) is 97.1 Å². The average Bonchev–Trinajstić information content (AvgIpc) is 2.87. The van der Waals surface area contributed by atoms with Gasteiger partial charge < -0.3 is 20.5 Å². The van der Waals surface area contributed by atoms with Gasteiger partial charge in [-0.15, -0.1) is 0 Å². The van der Waals surface area contributed by atoms with Crippen LogP contribution in [0.25, 0.3) is 0 Å². The minimum absolute atomic E-state index is 0.0737. The van der Waals surface area contributed by atoms with Crippen LogP contribution in [0.2, 0.25) is 0 Å². The second-order valence-electron chi connectivity index (χ2n) is 7.95. The van der Waals surface area contributed by atoms with Crippen LogP contribution in [0.1, 0.15) is 16.7 Å². The molecule has 0 radical (unpaired) electrons. The maximum atomic E-state index is 13.2. The first-order valence-corrected chi connectivity index (χ1v) is 11.3. The van der Waals surface area contributed by atoms with Gasteiger partial charge in [-0.25, -0.2) is 9.59 Å². The number of ether oxygens (including phenoxy) is 1. The van der Waals surface area contributed by atoms with Crippen LogP contribution in [-0.4, -0.2) is 35.2 Å². The first-order chi connectivity index (χ1) is 17.0. The van der Waals surface area contributed by atoms with E-state index in [9.17, 15) is 14.4 Å². The van der Waals surface area contributed by atoms with Crippen LogP contribution >= 0.6 is 0 Å².